The topological polar surface area (TPSA) is 127 Å². The standard InChI is InChI=1S/C10H22N2.C2H2O4.Pt/c1-10(2,3)7-4-5-8(11)9(12)6-7;3-1(4)2(5)6;/h7-9H,4-6,11-12H2,1-3H3;(H,3,4)(H,5,6);. The van der Waals surface area contributed by atoms with Gasteiger partial charge in [-0.25, -0.2) is 9.59 Å². The second-order valence-corrected chi connectivity index (χ2v) is 5.81. The van der Waals surface area contributed by atoms with Crippen molar-refractivity contribution in [2.75, 3.05) is 0 Å². The van der Waals surface area contributed by atoms with Crippen molar-refractivity contribution in [2.24, 2.45) is 22.8 Å². The minimum absolute atomic E-state index is 0. The zero-order chi connectivity index (χ0) is 14.5. The third kappa shape index (κ3) is 8.34. The molecule has 0 aromatic carbocycles. The van der Waals surface area contributed by atoms with Crippen molar-refractivity contribution in [1.29, 1.82) is 0 Å². The number of carbonyl (C=O) groups is 2. The van der Waals surface area contributed by atoms with Gasteiger partial charge in [0, 0.05) is 33.1 Å². The molecule has 0 spiro atoms. The minimum atomic E-state index is -1.82. The van der Waals surface area contributed by atoms with Crippen molar-refractivity contribution in [3.8, 4) is 0 Å². The number of hydrogen-bond donors (Lipinski definition) is 4. The molecule has 0 amide bonds. The molecule has 0 bridgehead atoms. The summed E-state index contributed by atoms with van der Waals surface area (Å²) < 4.78 is 0. The van der Waals surface area contributed by atoms with Crippen LogP contribution in [0.15, 0.2) is 0 Å². The third-order valence-electron chi connectivity index (χ3n) is 3.36. The van der Waals surface area contributed by atoms with Crippen LogP contribution in [0.4, 0.5) is 0 Å². The average molecular weight is 455 g/mol. The molecule has 0 heterocycles. The number of aliphatic carboxylic acids is 2. The summed E-state index contributed by atoms with van der Waals surface area (Å²) in [4.78, 5) is 18.2. The summed E-state index contributed by atoms with van der Waals surface area (Å²) in [5.41, 5.74) is 12.2. The van der Waals surface area contributed by atoms with E-state index in [9.17, 15) is 0 Å². The van der Waals surface area contributed by atoms with Gasteiger partial charge in [-0.3, -0.25) is 0 Å². The summed E-state index contributed by atoms with van der Waals surface area (Å²) in [5, 5.41) is 14.8. The Labute approximate surface area is 128 Å². The first-order valence-electron chi connectivity index (χ1n) is 6.03. The maximum atomic E-state index is 9.10. The van der Waals surface area contributed by atoms with Gasteiger partial charge in [0.2, 0.25) is 0 Å². The molecule has 1 aliphatic rings. The van der Waals surface area contributed by atoms with E-state index in [0.717, 1.165) is 18.8 Å². The molecule has 0 radical (unpaired) electrons. The van der Waals surface area contributed by atoms with Crippen LogP contribution >= 0.6 is 0 Å². The Morgan fingerprint density at radius 1 is 1.00 bits per heavy atom. The molecule has 0 aliphatic heterocycles. The van der Waals surface area contributed by atoms with Crippen LogP contribution in [-0.2, 0) is 30.7 Å². The van der Waals surface area contributed by atoms with Crippen molar-refractivity contribution in [3.63, 3.8) is 0 Å². The molecule has 116 valence electrons. The van der Waals surface area contributed by atoms with Gasteiger partial charge in [0.05, 0.1) is 0 Å². The Kier molecular flexibility index (Phi) is 9.51. The molecule has 7 heteroatoms. The molecule has 0 aromatic rings. The maximum absolute atomic E-state index is 9.10. The number of rotatable bonds is 0. The van der Waals surface area contributed by atoms with Crippen LogP contribution in [-0.4, -0.2) is 34.2 Å². The van der Waals surface area contributed by atoms with E-state index < -0.39 is 11.9 Å². The van der Waals surface area contributed by atoms with Crippen LogP contribution in [0, 0.1) is 11.3 Å². The Morgan fingerprint density at radius 3 is 1.68 bits per heavy atom. The quantitative estimate of drug-likeness (QED) is 0.397. The van der Waals surface area contributed by atoms with Gasteiger partial charge in [-0.1, -0.05) is 20.8 Å². The Balaban J connectivity index is 0. The minimum Gasteiger partial charge on any atom is -0.473 e. The fourth-order valence-electron chi connectivity index (χ4n) is 2.02. The summed E-state index contributed by atoms with van der Waals surface area (Å²) in [7, 11) is 0. The Hall–Kier alpha value is -0.452. The van der Waals surface area contributed by atoms with Gasteiger partial charge in [0.1, 0.15) is 0 Å². The Morgan fingerprint density at radius 2 is 1.42 bits per heavy atom. The van der Waals surface area contributed by atoms with Crippen molar-refractivity contribution >= 4 is 11.9 Å². The molecular weight excluding hydrogens is 431 g/mol. The number of hydrogen-bond acceptors (Lipinski definition) is 4. The molecule has 1 fully saturated rings. The van der Waals surface area contributed by atoms with Crippen LogP contribution in [0.5, 0.6) is 0 Å². The van der Waals surface area contributed by atoms with Crippen molar-refractivity contribution in [1.82, 2.24) is 0 Å². The van der Waals surface area contributed by atoms with Crippen molar-refractivity contribution < 1.29 is 40.9 Å². The molecule has 3 atom stereocenters. The predicted molar refractivity (Wildman–Crippen MR) is 68.0 cm³/mol. The first kappa shape index (κ1) is 20.9. The van der Waals surface area contributed by atoms with E-state index in [4.69, 9.17) is 31.3 Å². The molecule has 0 aromatic heterocycles. The van der Waals surface area contributed by atoms with Crippen LogP contribution in [0.1, 0.15) is 40.0 Å². The van der Waals surface area contributed by atoms with Gasteiger partial charge in [0.15, 0.2) is 0 Å². The van der Waals surface area contributed by atoms with E-state index in [-0.39, 0.29) is 33.1 Å². The molecule has 1 aliphatic carbocycles. The van der Waals surface area contributed by atoms with Gasteiger partial charge in [-0.05, 0) is 30.6 Å². The first-order valence-corrected chi connectivity index (χ1v) is 6.03. The van der Waals surface area contributed by atoms with E-state index in [1.807, 2.05) is 0 Å². The molecular formula is C12H24N2O4Pt. The number of nitrogens with two attached hydrogens (primary N) is 2. The second-order valence-electron chi connectivity index (χ2n) is 5.81. The zero-order valence-corrected chi connectivity index (χ0v) is 13.8. The molecule has 6 nitrogen and oxygen atoms in total. The fourth-order valence-corrected chi connectivity index (χ4v) is 2.02. The molecule has 6 N–H and O–H groups in total. The molecule has 0 saturated heterocycles. The van der Waals surface area contributed by atoms with Crippen LogP contribution in [0.3, 0.4) is 0 Å². The van der Waals surface area contributed by atoms with Crippen LogP contribution in [0.25, 0.3) is 0 Å². The van der Waals surface area contributed by atoms with Crippen molar-refractivity contribution in [3.05, 3.63) is 0 Å². The van der Waals surface area contributed by atoms with Gasteiger partial charge in [-0.15, -0.1) is 0 Å². The van der Waals surface area contributed by atoms with Gasteiger partial charge in [-0.2, -0.15) is 0 Å². The second kappa shape index (κ2) is 8.67. The van der Waals surface area contributed by atoms with Gasteiger partial charge < -0.3 is 21.7 Å². The summed E-state index contributed by atoms with van der Waals surface area (Å²) in [5.74, 6) is -2.89. The van der Waals surface area contributed by atoms with Gasteiger partial charge >= 0.3 is 11.9 Å². The summed E-state index contributed by atoms with van der Waals surface area (Å²) in [6.07, 6.45) is 3.45. The van der Waals surface area contributed by atoms with Crippen LogP contribution < -0.4 is 11.5 Å². The van der Waals surface area contributed by atoms with E-state index in [0.29, 0.717) is 5.41 Å². The smallest absolute Gasteiger partial charge is 0.414 e. The van der Waals surface area contributed by atoms with E-state index >= 15 is 0 Å². The van der Waals surface area contributed by atoms with E-state index in [1.54, 1.807) is 0 Å². The summed E-state index contributed by atoms with van der Waals surface area (Å²) in [6.45, 7) is 6.88. The van der Waals surface area contributed by atoms with Crippen LogP contribution in [0.2, 0.25) is 0 Å². The number of carboxylic acids is 2. The van der Waals surface area contributed by atoms with Gasteiger partial charge in [0.25, 0.3) is 0 Å². The SMILES string of the molecule is CC(C)(C)C1CCC(N)C(N)C1.O=C(O)C(=O)O.[Pt]. The normalized spacial score (nSPS) is 26.5. The maximum Gasteiger partial charge on any atom is 0.414 e. The Bertz CT molecular complexity index is 293. The predicted octanol–water partition coefficient (Wildman–Crippen LogP) is 0.640. The summed E-state index contributed by atoms with van der Waals surface area (Å²) in [6, 6.07) is 0.464. The monoisotopic (exact) mass is 455 g/mol. The summed E-state index contributed by atoms with van der Waals surface area (Å²) >= 11 is 0. The molecule has 1 rings (SSSR count). The molecule has 1 saturated carbocycles. The van der Waals surface area contributed by atoms with E-state index in [2.05, 4.69) is 20.8 Å². The average Bonchev–Trinajstić information content (AvgIpc) is 2.21. The van der Waals surface area contributed by atoms with Crippen molar-refractivity contribution in [2.45, 2.75) is 52.1 Å². The zero-order valence-electron chi connectivity index (χ0n) is 11.5. The number of carboxylic acid groups (broad SMARTS) is 2. The fraction of sp³-hybridized carbons (Fsp3) is 0.833. The largest absolute Gasteiger partial charge is 0.473 e. The van der Waals surface area contributed by atoms with E-state index in [1.165, 1.54) is 6.42 Å². The molecule has 3 unspecified atom stereocenters. The molecule has 19 heavy (non-hydrogen) atoms. The first-order chi connectivity index (χ1) is 8.05. The third-order valence-corrected chi connectivity index (χ3v) is 3.36.